The molecule has 0 spiro atoms. The number of anilines is 2. The van der Waals surface area contributed by atoms with Crippen molar-refractivity contribution in [3.8, 4) is 0 Å². The number of quaternary nitrogens is 1. The van der Waals surface area contributed by atoms with Gasteiger partial charge in [0.25, 0.3) is 5.91 Å². The molecule has 5 nitrogen and oxygen atoms in total. The Bertz CT molecular complexity index is 851. The Morgan fingerprint density at radius 2 is 1.72 bits per heavy atom. The van der Waals surface area contributed by atoms with Crippen LogP contribution in [-0.2, 0) is 21.5 Å². The molecule has 1 atom stereocenters. The average Bonchev–Trinajstić information content (AvgIpc) is 3.08. The van der Waals surface area contributed by atoms with Gasteiger partial charge in [0.15, 0.2) is 6.54 Å². The molecule has 1 aliphatic heterocycles. The van der Waals surface area contributed by atoms with Crippen LogP contribution in [0.4, 0.5) is 11.4 Å². The molecule has 154 valence electrons. The second-order valence-electron chi connectivity index (χ2n) is 9.00. The SMILES string of the molecule is C[NH+](CC(=O)Nc1ccc(N2CCCC2=O)cc1)Cc1ccc(C(C)(C)C)cc1. The second kappa shape index (κ2) is 8.78. The Hall–Kier alpha value is -2.66. The van der Waals surface area contributed by atoms with E-state index < -0.39 is 0 Å². The van der Waals surface area contributed by atoms with E-state index in [4.69, 9.17) is 0 Å². The third-order valence-electron chi connectivity index (χ3n) is 5.32. The average molecular weight is 395 g/mol. The highest BCUT2D eigenvalue weighted by Crippen LogP contribution is 2.23. The molecule has 1 heterocycles. The van der Waals surface area contributed by atoms with Crippen LogP contribution in [0.15, 0.2) is 48.5 Å². The first-order valence-electron chi connectivity index (χ1n) is 10.3. The number of hydrogen-bond acceptors (Lipinski definition) is 2. The Kier molecular flexibility index (Phi) is 6.38. The van der Waals surface area contributed by atoms with E-state index in [1.54, 1.807) is 4.90 Å². The summed E-state index contributed by atoms with van der Waals surface area (Å²) >= 11 is 0. The number of benzene rings is 2. The summed E-state index contributed by atoms with van der Waals surface area (Å²) in [5.74, 6) is 0.154. The highest BCUT2D eigenvalue weighted by molar-refractivity contribution is 5.96. The van der Waals surface area contributed by atoms with Crippen LogP contribution in [0.25, 0.3) is 0 Å². The lowest BCUT2D eigenvalue weighted by atomic mass is 9.87. The fourth-order valence-electron chi connectivity index (χ4n) is 3.66. The minimum Gasteiger partial charge on any atom is -0.326 e. The topological polar surface area (TPSA) is 53.9 Å². The van der Waals surface area contributed by atoms with Gasteiger partial charge in [0.05, 0.1) is 7.05 Å². The third-order valence-corrected chi connectivity index (χ3v) is 5.32. The van der Waals surface area contributed by atoms with Crippen LogP contribution < -0.4 is 15.1 Å². The minimum absolute atomic E-state index is 0.0150. The van der Waals surface area contributed by atoms with Gasteiger partial charge in [-0.15, -0.1) is 0 Å². The van der Waals surface area contributed by atoms with E-state index in [2.05, 4.69) is 50.4 Å². The van der Waals surface area contributed by atoms with E-state index in [1.807, 2.05) is 31.3 Å². The number of nitrogens with zero attached hydrogens (tertiary/aromatic N) is 1. The van der Waals surface area contributed by atoms with Gasteiger partial charge < -0.3 is 15.1 Å². The normalized spacial score (nSPS) is 15.4. The van der Waals surface area contributed by atoms with Gasteiger partial charge in [-0.3, -0.25) is 9.59 Å². The molecule has 2 amide bonds. The fraction of sp³-hybridized carbons (Fsp3) is 0.417. The molecule has 2 aromatic rings. The summed E-state index contributed by atoms with van der Waals surface area (Å²) < 4.78 is 0. The molecule has 29 heavy (non-hydrogen) atoms. The van der Waals surface area contributed by atoms with Crippen LogP contribution in [0.3, 0.4) is 0 Å². The predicted octanol–water partition coefficient (Wildman–Crippen LogP) is 2.76. The van der Waals surface area contributed by atoms with Crippen molar-refractivity contribution in [2.24, 2.45) is 0 Å². The summed E-state index contributed by atoms with van der Waals surface area (Å²) in [7, 11) is 2.03. The molecule has 2 aromatic carbocycles. The fourth-order valence-corrected chi connectivity index (χ4v) is 3.66. The molecular weight excluding hydrogens is 362 g/mol. The van der Waals surface area contributed by atoms with Crippen LogP contribution in [0, 0.1) is 0 Å². The van der Waals surface area contributed by atoms with E-state index in [0.29, 0.717) is 13.0 Å². The summed E-state index contributed by atoms with van der Waals surface area (Å²) in [6.07, 6.45) is 1.53. The van der Waals surface area contributed by atoms with Gasteiger partial charge in [0, 0.05) is 29.9 Å². The van der Waals surface area contributed by atoms with Gasteiger partial charge in [-0.25, -0.2) is 0 Å². The van der Waals surface area contributed by atoms with Gasteiger partial charge in [-0.2, -0.15) is 0 Å². The zero-order chi connectivity index (χ0) is 21.0. The first-order valence-corrected chi connectivity index (χ1v) is 10.3. The first kappa shape index (κ1) is 21.1. The number of carbonyl (C=O) groups is 2. The Morgan fingerprint density at radius 3 is 2.28 bits per heavy atom. The molecule has 0 saturated carbocycles. The monoisotopic (exact) mass is 394 g/mol. The summed E-state index contributed by atoms with van der Waals surface area (Å²) in [5, 5.41) is 2.95. The van der Waals surface area contributed by atoms with Crippen LogP contribution >= 0.6 is 0 Å². The summed E-state index contributed by atoms with van der Waals surface area (Å²) in [5.41, 5.74) is 4.34. The van der Waals surface area contributed by atoms with Crippen LogP contribution in [-0.4, -0.2) is 32.0 Å². The van der Waals surface area contributed by atoms with Crippen molar-refractivity contribution in [2.75, 3.05) is 30.4 Å². The third kappa shape index (κ3) is 5.67. The quantitative estimate of drug-likeness (QED) is 0.792. The van der Waals surface area contributed by atoms with Crippen molar-refractivity contribution in [1.29, 1.82) is 0 Å². The zero-order valence-electron chi connectivity index (χ0n) is 17.9. The summed E-state index contributed by atoms with van der Waals surface area (Å²) in [6, 6.07) is 16.2. The van der Waals surface area contributed by atoms with Crippen LogP contribution in [0.1, 0.15) is 44.7 Å². The Morgan fingerprint density at radius 1 is 1.07 bits per heavy atom. The van der Waals surface area contributed by atoms with Gasteiger partial charge in [-0.1, -0.05) is 45.0 Å². The van der Waals surface area contributed by atoms with E-state index in [0.717, 1.165) is 35.8 Å². The number of amides is 2. The molecule has 0 aliphatic carbocycles. The molecule has 1 unspecified atom stereocenters. The second-order valence-corrected chi connectivity index (χ2v) is 9.00. The lowest BCUT2D eigenvalue weighted by Gasteiger charge is -2.20. The maximum Gasteiger partial charge on any atom is 0.279 e. The molecule has 0 bridgehead atoms. The molecule has 1 fully saturated rings. The smallest absolute Gasteiger partial charge is 0.279 e. The predicted molar refractivity (Wildman–Crippen MR) is 117 cm³/mol. The maximum absolute atomic E-state index is 12.4. The number of rotatable bonds is 6. The van der Waals surface area contributed by atoms with Crippen molar-refractivity contribution in [3.05, 3.63) is 59.7 Å². The number of nitrogens with one attached hydrogen (secondary N) is 2. The van der Waals surface area contributed by atoms with Gasteiger partial charge in [0.2, 0.25) is 5.91 Å². The lowest BCUT2D eigenvalue weighted by molar-refractivity contribution is -0.885. The lowest BCUT2D eigenvalue weighted by Crippen LogP contribution is -3.08. The summed E-state index contributed by atoms with van der Waals surface area (Å²) in [6.45, 7) is 8.59. The van der Waals surface area contributed by atoms with Crippen molar-refractivity contribution >= 4 is 23.2 Å². The Balaban J connectivity index is 1.50. The van der Waals surface area contributed by atoms with Crippen LogP contribution in [0.5, 0.6) is 0 Å². The maximum atomic E-state index is 12.4. The van der Waals surface area contributed by atoms with Gasteiger partial charge in [-0.05, 0) is 41.7 Å². The van der Waals surface area contributed by atoms with Crippen molar-refractivity contribution in [3.63, 3.8) is 0 Å². The number of hydrogen-bond donors (Lipinski definition) is 2. The molecule has 5 heteroatoms. The van der Waals surface area contributed by atoms with Crippen LogP contribution in [0.2, 0.25) is 0 Å². The Labute approximate surface area is 173 Å². The highest BCUT2D eigenvalue weighted by atomic mass is 16.2. The molecule has 1 saturated heterocycles. The van der Waals surface area contributed by atoms with Gasteiger partial charge in [0.1, 0.15) is 6.54 Å². The minimum atomic E-state index is -0.0150. The van der Waals surface area contributed by atoms with Crippen molar-refractivity contribution < 1.29 is 14.5 Å². The molecular formula is C24H32N3O2+. The largest absolute Gasteiger partial charge is 0.326 e. The molecule has 1 aliphatic rings. The highest BCUT2D eigenvalue weighted by Gasteiger charge is 2.21. The summed E-state index contributed by atoms with van der Waals surface area (Å²) in [4.78, 5) is 27.2. The number of carbonyl (C=O) groups excluding carboxylic acids is 2. The molecule has 0 aromatic heterocycles. The molecule has 3 rings (SSSR count). The standard InChI is InChI=1S/C24H31N3O2/c1-24(2,3)19-9-7-18(8-10-19)16-26(4)17-22(28)25-20-11-13-21(14-12-20)27-15-5-6-23(27)29/h7-14H,5-6,15-17H2,1-4H3,(H,25,28)/p+1. The van der Waals surface area contributed by atoms with E-state index in [-0.39, 0.29) is 17.2 Å². The van der Waals surface area contributed by atoms with E-state index in [1.165, 1.54) is 11.1 Å². The first-order chi connectivity index (χ1) is 13.7. The van der Waals surface area contributed by atoms with E-state index >= 15 is 0 Å². The number of likely N-dealkylation sites (N-methyl/N-ethyl adjacent to an activating group) is 1. The zero-order valence-corrected chi connectivity index (χ0v) is 17.9. The van der Waals surface area contributed by atoms with Gasteiger partial charge >= 0.3 is 0 Å². The van der Waals surface area contributed by atoms with E-state index in [9.17, 15) is 9.59 Å². The molecule has 0 radical (unpaired) electrons. The van der Waals surface area contributed by atoms with Crippen molar-refractivity contribution in [1.82, 2.24) is 0 Å². The van der Waals surface area contributed by atoms with Crippen molar-refractivity contribution in [2.45, 2.75) is 45.6 Å². The molecule has 2 N–H and O–H groups in total.